The predicted octanol–water partition coefficient (Wildman–Crippen LogP) is 5.59. The van der Waals surface area contributed by atoms with E-state index in [9.17, 15) is 9.59 Å². The molecule has 1 amide bonds. The molecule has 174 valence electrons. The smallest absolute Gasteiger partial charge is 0.295 e. The molecule has 0 aliphatic heterocycles. The van der Waals surface area contributed by atoms with Crippen molar-refractivity contribution in [3.8, 4) is 11.3 Å². The molecule has 0 radical (unpaired) electrons. The second kappa shape index (κ2) is 9.67. The van der Waals surface area contributed by atoms with Gasteiger partial charge in [-0.15, -0.1) is 0 Å². The fourth-order valence-corrected chi connectivity index (χ4v) is 4.08. The van der Waals surface area contributed by atoms with Crippen LogP contribution in [-0.4, -0.2) is 18.0 Å². The third-order valence-electron chi connectivity index (χ3n) is 5.54. The van der Waals surface area contributed by atoms with Gasteiger partial charge in [-0.2, -0.15) is 0 Å². The maximum absolute atomic E-state index is 13.3. The van der Waals surface area contributed by atoms with E-state index in [4.69, 9.17) is 20.9 Å². The number of hydrogen-bond acceptors (Lipinski definition) is 6. The first-order valence-electron chi connectivity index (χ1n) is 10.7. The molecule has 0 spiro atoms. The summed E-state index contributed by atoms with van der Waals surface area (Å²) in [5, 5.41) is 3.99. The summed E-state index contributed by atoms with van der Waals surface area (Å²) in [5.41, 5.74) is 6.29. The van der Waals surface area contributed by atoms with Gasteiger partial charge in [-0.05, 0) is 44.5 Å². The van der Waals surface area contributed by atoms with Crippen LogP contribution < -0.4 is 16.2 Å². The molecule has 8 heteroatoms. The molecule has 2 N–H and O–H groups in total. The van der Waals surface area contributed by atoms with Gasteiger partial charge in [-0.3, -0.25) is 14.4 Å². The van der Waals surface area contributed by atoms with Crippen molar-refractivity contribution in [2.75, 3.05) is 12.4 Å². The number of anilines is 1. The minimum Gasteiger partial charge on any atom is -0.455 e. The molecule has 2 heterocycles. The molecule has 0 unspecified atom stereocenters. The maximum Gasteiger partial charge on any atom is 0.295 e. The summed E-state index contributed by atoms with van der Waals surface area (Å²) in [6.45, 7) is 5.62. The van der Waals surface area contributed by atoms with Gasteiger partial charge < -0.3 is 9.73 Å². The Morgan fingerprint density at radius 1 is 1.12 bits per heavy atom. The predicted molar refractivity (Wildman–Crippen MR) is 133 cm³/mol. The average Bonchev–Trinajstić information content (AvgIpc) is 2.83. The van der Waals surface area contributed by atoms with Crippen LogP contribution in [0.2, 0.25) is 5.15 Å². The number of carbonyl (C=O) groups excluding carboxylic acids is 1. The zero-order valence-electron chi connectivity index (χ0n) is 19.2. The van der Waals surface area contributed by atoms with Crippen LogP contribution >= 0.6 is 11.6 Å². The first-order chi connectivity index (χ1) is 16.3. The Morgan fingerprint density at radius 2 is 1.85 bits per heavy atom. The molecule has 4 rings (SSSR count). The number of nitrogens with zero attached hydrogens (tertiary/aromatic N) is 1. The number of aryl methyl sites for hydroxylation is 1. The van der Waals surface area contributed by atoms with Crippen molar-refractivity contribution >= 4 is 34.2 Å². The van der Waals surface area contributed by atoms with Crippen molar-refractivity contribution in [2.45, 2.75) is 26.8 Å². The molecule has 2 aromatic heterocycles. The van der Waals surface area contributed by atoms with E-state index in [1.54, 1.807) is 19.1 Å². The summed E-state index contributed by atoms with van der Waals surface area (Å²) in [4.78, 5) is 34.6. The standard InChI is InChI=1S/C26H24ClN3O4/c1-14-12-18(16(3)28-20-10-11-21(27)29-22(20)26(32)30-33-4)25-19(13-14)23(31)15(2)24(34-25)17-8-6-5-7-9-17/h5-13,16,28H,1-4H3,(H,30,32)/t16-/m1/s1. The SMILES string of the molecule is CONC(=O)c1nc(Cl)ccc1N[C@H](C)c1cc(C)cc2c(=O)c(C)c(-c3ccccc3)oc12. The quantitative estimate of drug-likeness (QED) is 0.278. The second-order valence-electron chi connectivity index (χ2n) is 8.01. The van der Waals surface area contributed by atoms with Crippen molar-refractivity contribution in [1.82, 2.24) is 10.5 Å². The molecule has 2 aromatic carbocycles. The highest BCUT2D eigenvalue weighted by Crippen LogP contribution is 2.32. The highest BCUT2D eigenvalue weighted by molar-refractivity contribution is 6.29. The average molecular weight is 478 g/mol. The Balaban J connectivity index is 1.84. The van der Waals surface area contributed by atoms with Crippen molar-refractivity contribution in [3.63, 3.8) is 0 Å². The lowest BCUT2D eigenvalue weighted by atomic mass is 9.98. The third-order valence-corrected chi connectivity index (χ3v) is 5.75. The van der Waals surface area contributed by atoms with Gasteiger partial charge in [0.2, 0.25) is 0 Å². The fourth-order valence-electron chi connectivity index (χ4n) is 3.93. The van der Waals surface area contributed by atoms with Gasteiger partial charge in [0.25, 0.3) is 5.91 Å². The van der Waals surface area contributed by atoms with Crippen LogP contribution in [0.3, 0.4) is 0 Å². The lowest BCUT2D eigenvalue weighted by Crippen LogP contribution is -2.25. The molecule has 4 aromatic rings. The Bertz CT molecular complexity index is 1430. The summed E-state index contributed by atoms with van der Waals surface area (Å²) < 4.78 is 6.36. The summed E-state index contributed by atoms with van der Waals surface area (Å²) in [6.07, 6.45) is 0. The largest absolute Gasteiger partial charge is 0.455 e. The minimum atomic E-state index is -0.540. The van der Waals surface area contributed by atoms with E-state index < -0.39 is 5.91 Å². The van der Waals surface area contributed by atoms with E-state index in [0.717, 1.165) is 16.7 Å². The maximum atomic E-state index is 13.3. The zero-order valence-corrected chi connectivity index (χ0v) is 20.0. The molecular formula is C26H24ClN3O4. The topological polar surface area (TPSA) is 93.5 Å². The Hall–Kier alpha value is -3.68. The molecule has 0 aliphatic rings. The Kier molecular flexibility index (Phi) is 6.68. The molecule has 0 fully saturated rings. The van der Waals surface area contributed by atoms with Crippen LogP contribution in [-0.2, 0) is 4.84 Å². The summed E-state index contributed by atoms with van der Waals surface area (Å²) >= 11 is 6.01. The first-order valence-corrected chi connectivity index (χ1v) is 11.1. The van der Waals surface area contributed by atoms with Crippen molar-refractivity contribution < 1.29 is 14.0 Å². The van der Waals surface area contributed by atoms with Crippen molar-refractivity contribution in [3.05, 3.63) is 92.4 Å². The number of amides is 1. The van der Waals surface area contributed by atoms with Gasteiger partial charge in [-0.25, -0.2) is 10.5 Å². The van der Waals surface area contributed by atoms with Gasteiger partial charge >= 0.3 is 0 Å². The number of fused-ring (bicyclic) bond motifs is 1. The fraction of sp³-hybridized carbons (Fsp3) is 0.192. The van der Waals surface area contributed by atoms with Gasteiger partial charge in [0.1, 0.15) is 16.5 Å². The normalized spacial score (nSPS) is 11.9. The number of halogens is 1. The first kappa shape index (κ1) is 23.5. The Labute approximate surface area is 201 Å². The number of aromatic nitrogens is 1. The van der Waals surface area contributed by atoms with E-state index in [1.807, 2.05) is 56.3 Å². The number of nitrogens with one attached hydrogen (secondary N) is 2. The molecule has 0 saturated carbocycles. The van der Waals surface area contributed by atoms with E-state index in [2.05, 4.69) is 15.8 Å². The van der Waals surface area contributed by atoms with E-state index in [-0.39, 0.29) is 22.3 Å². The Morgan fingerprint density at radius 3 is 2.56 bits per heavy atom. The molecule has 0 bridgehead atoms. The number of hydroxylamine groups is 1. The van der Waals surface area contributed by atoms with E-state index in [0.29, 0.717) is 28.0 Å². The lowest BCUT2D eigenvalue weighted by molar-refractivity contribution is 0.0533. The number of pyridine rings is 1. The number of carbonyl (C=O) groups is 1. The van der Waals surface area contributed by atoms with Crippen LogP contribution in [0.25, 0.3) is 22.3 Å². The van der Waals surface area contributed by atoms with Gasteiger partial charge in [-0.1, -0.05) is 48.0 Å². The highest BCUT2D eigenvalue weighted by Gasteiger charge is 2.21. The van der Waals surface area contributed by atoms with Crippen molar-refractivity contribution in [1.29, 1.82) is 0 Å². The molecule has 0 aliphatic carbocycles. The second-order valence-corrected chi connectivity index (χ2v) is 8.40. The van der Waals surface area contributed by atoms with Crippen LogP contribution in [0.4, 0.5) is 5.69 Å². The monoisotopic (exact) mass is 477 g/mol. The molecule has 0 saturated heterocycles. The number of hydrogen-bond donors (Lipinski definition) is 2. The van der Waals surface area contributed by atoms with Crippen molar-refractivity contribution in [2.24, 2.45) is 0 Å². The molecule has 34 heavy (non-hydrogen) atoms. The summed E-state index contributed by atoms with van der Waals surface area (Å²) in [5.74, 6) is -0.00829. The molecule has 1 atom stereocenters. The van der Waals surface area contributed by atoms with Gasteiger partial charge in [0.05, 0.1) is 24.2 Å². The summed E-state index contributed by atoms with van der Waals surface area (Å²) in [6, 6.07) is 16.3. The third kappa shape index (κ3) is 4.53. The number of benzene rings is 2. The zero-order chi connectivity index (χ0) is 24.4. The van der Waals surface area contributed by atoms with Crippen LogP contribution in [0.15, 0.2) is 63.8 Å². The molecule has 7 nitrogen and oxygen atoms in total. The van der Waals surface area contributed by atoms with Crippen LogP contribution in [0.5, 0.6) is 0 Å². The van der Waals surface area contributed by atoms with Gasteiger partial charge in [0, 0.05) is 16.7 Å². The number of rotatable bonds is 6. The highest BCUT2D eigenvalue weighted by atomic mass is 35.5. The molecular weight excluding hydrogens is 454 g/mol. The van der Waals surface area contributed by atoms with Crippen LogP contribution in [0, 0.1) is 13.8 Å². The van der Waals surface area contributed by atoms with Gasteiger partial charge in [0.15, 0.2) is 11.1 Å². The van der Waals surface area contributed by atoms with Crippen LogP contribution in [0.1, 0.15) is 40.1 Å². The lowest BCUT2D eigenvalue weighted by Gasteiger charge is -2.20. The summed E-state index contributed by atoms with van der Waals surface area (Å²) in [7, 11) is 1.34. The van der Waals surface area contributed by atoms with E-state index >= 15 is 0 Å². The van der Waals surface area contributed by atoms with E-state index in [1.165, 1.54) is 7.11 Å². The minimum absolute atomic E-state index is 0.0782.